The molecule has 0 aliphatic carbocycles. The van der Waals surface area contributed by atoms with Crippen LogP contribution in [-0.2, 0) is 0 Å². The Morgan fingerprint density at radius 3 is 2.04 bits per heavy atom. The highest BCUT2D eigenvalue weighted by atomic mass is 32.1. The highest BCUT2D eigenvalue weighted by Crippen LogP contribution is 2.43. The summed E-state index contributed by atoms with van der Waals surface area (Å²) in [6.45, 7) is 0. The number of rotatable bonds is 4. The third-order valence-electron chi connectivity index (χ3n) is 8.90. The summed E-state index contributed by atoms with van der Waals surface area (Å²) in [5, 5.41) is -0.926. The van der Waals surface area contributed by atoms with Crippen molar-refractivity contribution in [2.75, 3.05) is 0 Å². The van der Waals surface area contributed by atoms with Crippen molar-refractivity contribution in [1.29, 1.82) is 0 Å². The van der Waals surface area contributed by atoms with Gasteiger partial charge in [-0.3, -0.25) is 0 Å². The van der Waals surface area contributed by atoms with Crippen LogP contribution in [0.3, 0.4) is 0 Å². The van der Waals surface area contributed by atoms with Gasteiger partial charge in [0.1, 0.15) is 0 Å². The van der Waals surface area contributed by atoms with Crippen LogP contribution in [0.4, 0.5) is 0 Å². The Balaban J connectivity index is 1.30. The SMILES string of the molecule is [2H]c1cc(-c2c([2H])c([2H])c([2H])c3sc4c([2H])c(-n5c6ccc(-c7c([2H])c([2H])c([2H])c8c9c([2H])c([2H])c([2H])c([2H])c9n(-c9ccccc9)c78)c([2H])c6c6c([2H])c([2H])c([2H])c([2H])c65)c([2H])c([2H])c4c23)c([2H])c([2H])c1[2H]. The molecule has 0 amide bonds. The summed E-state index contributed by atoms with van der Waals surface area (Å²) in [4.78, 5) is 0. The van der Waals surface area contributed by atoms with Gasteiger partial charge in [-0.05, 0) is 71.1 Å². The minimum Gasteiger partial charge on any atom is -0.309 e. The molecule has 0 atom stereocenters. The Hall–Kier alpha value is -6.42. The van der Waals surface area contributed by atoms with Crippen molar-refractivity contribution in [3.05, 3.63) is 181 Å². The molecule has 0 spiro atoms. The second kappa shape index (κ2) is 11.0. The van der Waals surface area contributed by atoms with Gasteiger partial charge in [-0.2, -0.15) is 0 Å². The average Bonchev–Trinajstić information content (AvgIpc) is 4.06. The molecule has 3 aromatic heterocycles. The van der Waals surface area contributed by atoms with Gasteiger partial charge in [0, 0.05) is 58.7 Å². The van der Waals surface area contributed by atoms with E-state index in [0.717, 1.165) is 22.0 Å². The van der Waals surface area contributed by atoms with Gasteiger partial charge in [0.2, 0.25) is 0 Å². The third-order valence-corrected chi connectivity index (χ3v) is 9.92. The minimum absolute atomic E-state index is 0.0282. The van der Waals surface area contributed by atoms with Crippen molar-refractivity contribution in [2.45, 2.75) is 0 Å². The van der Waals surface area contributed by atoms with E-state index in [4.69, 9.17) is 19.2 Å². The van der Waals surface area contributed by atoms with Gasteiger partial charge in [0.05, 0.1) is 52.2 Å². The smallest absolute Gasteiger partial charge is 0.0660 e. The molecule has 11 aromatic rings. The highest BCUT2D eigenvalue weighted by molar-refractivity contribution is 7.26. The Bertz CT molecular complexity index is 4400. The summed E-state index contributed by atoms with van der Waals surface area (Å²) in [6, 6.07) is -0.831. The molecule has 0 fully saturated rings. The van der Waals surface area contributed by atoms with Gasteiger partial charge in [-0.15, -0.1) is 11.3 Å². The predicted octanol–water partition coefficient (Wildman–Crippen LogP) is 13.6. The lowest BCUT2D eigenvalue weighted by molar-refractivity contribution is 1.18. The molecule has 0 N–H and O–H groups in total. The maximum atomic E-state index is 10.0. The lowest BCUT2D eigenvalue weighted by atomic mass is 9.99. The number of hydrogen-bond acceptors (Lipinski definition) is 1. The number of thiophene rings is 1. The van der Waals surface area contributed by atoms with E-state index in [-0.39, 0.29) is 86.0 Å². The number of benzene rings is 8. The molecule has 0 aliphatic heterocycles. The second-order valence-corrected chi connectivity index (χ2v) is 12.6. The molecule has 51 heavy (non-hydrogen) atoms. The molecule has 8 aromatic carbocycles. The van der Waals surface area contributed by atoms with Gasteiger partial charge >= 0.3 is 0 Å². The van der Waals surface area contributed by atoms with Crippen LogP contribution in [0.2, 0.25) is 0 Å². The monoisotopic (exact) mass is 688 g/mol. The van der Waals surface area contributed by atoms with E-state index in [9.17, 15) is 11.0 Å². The average molecular weight is 689 g/mol. The van der Waals surface area contributed by atoms with Crippen LogP contribution in [0.25, 0.3) is 97.4 Å². The molecule has 2 nitrogen and oxygen atoms in total. The minimum atomic E-state index is -0.727. The van der Waals surface area contributed by atoms with Gasteiger partial charge in [0.25, 0.3) is 0 Å². The van der Waals surface area contributed by atoms with E-state index in [1.165, 1.54) is 16.7 Å². The summed E-state index contributed by atoms with van der Waals surface area (Å²) < 4.78 is 201. The molecule has 0 saturated heterocycles. The number of para-hydroxylation sites is 4. The zero-order chi connectivity index (χ0) is 52.6. The number of aromatic nitrogens is 2. The molecule has 3 heterocycles. The van der Waals surface area contributed by atoms with Gasteiger partial charge in [-0.25, -0.2) is 0 Å². The Morgan fingerprint density at radius 1 is 0.412 bits per heavy atom. The summed E-state index contributed by atoms with van der Waals surface area (Å²) in [5.41, 5.74) is -1.30. The number of fused-ring (bicyclic) bond motifs is 9. The molecule has 0 bridgehead atoms. The second-order valence-electron chi connectivity index (χ2n) is 11.6. The van der Waals surface area contributed by atoms with Gasteiger partial charge < -0.3 is 9.13 Å². The molecule has 238 valence electrons. The van der Waals surface area contributed by atoms with E-state index in [0.29, 0.717) is 5.69 Å². The Labute approximate surface area is 329 Å². The first-order valence-corrected chi connectivity index (χ1v) is 16.5. The Kier molecular flexibility index (Phi) is 3.13. The van der Waals surface area contributed by atoms with Crippen molar-refractivity contribution in [3.8, 4) is 33.6 Å². The van der Waals surface area contributed by atoms with Crippen LogP contribution >= 0.6 is 11.3 Å². The first-order valence-electron chi connectivity index (χ1n) is 26.6. The summed E-state index contributed by atoms with van der Waals surface area (Å²) in [6.07, 6.45) is 0. The molecule has 11 rings (SSSR count). The van der Waals surface area contributed by atoms with Crippen molar-refractivity contribution in [2.24, 2.45) is 0 Å². The lowest BCUT2D eigenvalue weighted by Gasteiger charge is -2.12. The molecule has 0 saturated carbocycles. The first kappa shape index (κ1) is 14.4. The Morgan fingerprint density at radius 2 is 1.16 bits per heavy atom. The first-order chi connectivity index (χ1) is 34.5. The molecular weight excluding hydrogens is 637 g/mol. The zero-order valence-electron chi connectivity index (χ0n) is 47.9. The molecule has 0 radical (unpaired) electrons. The lowest BCUT2D eigenvalue weighted by Crippen LogP contribution is -1.95. The largest absolute Gasteiger partial charge is 0.309 e. The number of nitrogens with zero attached hydrogens (tertiary/aromatic N) is 2. The van der Waals surface area contributed by atoms with Crippen molar-refractivity contribution < 1.29 is 30.2 Å². The normalized spacial score (nSPS) is 18.0. The van der Waals surface area contributed by atoms with Crippen LogP contribution in [0.1, 0.15) is 30.2 Å². The van der Waals surface area contributed by atoms with E-state index in [2.05, 4.69) is 0 Å². The van der Waals surface area contributed by atoms with Crippen LogP contribution in [0.15, 0.2) is 181 Å². The molecular formula is C48H30N2S. The zero-order valence-corrected chi connectivity index (χ0v) is 26.7. The van der Waals surface area contributed by atoms with E-state index >= 15 is 0 Å². The highest BCUT2D eigenvalue weighted by Gasteiger charge is 2.19. The van der Waals surface area contributed by atoms with Crippen LogP contribution in [0.5, 0.6) is 0 Å². The van der Waals surface area contributed by atoms with Crippen LogP contribution < -0.4 is 0 Å². The van der Waals surface area contributed by atoms with E-state index in [1.807, 2.05) is 0 Å². The van der Waals surface area contributed by atoms with Gasteiger partial charge in [-0.1, -0.05) is 127 Å². The fraction of sp³-hybridized carbons (Fsp3) is 0. The fourth-order valence-corrected chi connectivity index (χ4v) is 7.80. The maximum Gasteiger partial charge on any atom is 0.0660 e. The summed E-state index contributed by atoms with van der Waals surface area (Å²) in [5.74, 6) is 0. The summed E-state index contributed by atoms with van der Waals surface area (Å²) in [7, 11) is 0. The van der Waals surface area contributed by atoms with E-state index in [1.54, 1.807) is 30.3 Å². The van der Waals surface area contributed by atoms with Crippen molar-refractivity contribution in [3.63, 3.8) is 0 Å². The van der Waals surface area contributed by atoms with Crippen LogP contribution in [-0.4, -0.2) is 9.13 Å². The topological polar surface area (TPSA) is 9.86 Å². The van der Waals surface area contributed by atoms with Crippen molar-refractivity contribution in [1.82, 2.24) is 9.13 Å². The predicted molar refractivity (Wildman–Crippen MR) is 219 cm³/mol. The standard InChI is InChI=1S/C48H30N2S/c1-3-13-31(14-4-1)35-19-12-24-45-47(35)40-27-26-34(30-46(40)51-45)49-42-22-9-8-18-38(42)41-29-32(25-28-44(41)49)36-20-11-21-39-37-17-7-10-23-43(37)50(48(36)39)33-15-5-2-6-16-33/h1-30H/i1D,3D,4D,7D,8D,9D,10D,11D,12D,13D,17D,18D,19D,20D,21D,22D,23D,24D,26D,27D,29D,30D. The number of hydrogen-bond donors (Lipinski definition) is 0. The fourth-order valence-electron chi connectivity index (χ4n) is 6.78. The molecule has 3 heteroatoms. The van der Waals surface area contributed by atoms with E-state index < -0.39 is 139 Å². The van der Waals surface area contributed by atoms with Crippen molar-refractivity contribution >= 4 is 75.1 Å². The molecule has 0 unspecified atom stereocenters. The maximum absolute atomic E-state index is 10.0. The van der Waals surface area contributed by atoms with Gasteiger partial charge in [0.15, 0.2) is 0 Å². The molecule has 0 aliphatic rings. The summed E-state index contributed by atoms with van der Waals surface area (Å²) >= 11 is 0.753. The quantitative estimate of drug-likeness (QED) is 0.174. The van der Waals surface area contributed by atoms with Crippen LogP contribution in [0, 0.1) is 0 Å². The third kappa shape index (κ3) is 4.22.